The molecule has 1 atom stereocenters. The topological polar surface area (TPSA) is 53.2 Å². The number of carbonyl (C=O) groups is 1. The average molecular weight is 287 g/mol. The minimum atomic E-state index is -0.332. The van der Waals surface area contributed by atoms with E-state index in [1.54, 1.807) is 0 Å². The molecule has 0 saturated heterocycles. The largest absolute Gasteiger partial charge is 0.304 e. The zero-order valence-electron chi connectivity index (χ0n) is 12.7. The molecular weight excluding hydrogens is 262 g/mol. The normalized spacial score (nSPS) is 17.0. The summed E-state index contributed by atoms with van der Waals surface area (Å²) in [5.74, 6) is -0.0743. The molecule has 1 aromatic rings. The highest BCUT2D eigenvalue weighted by atomic mass is 16.2. The van der Waals surface area contributed by atoms with Crippen molar-refractivity contribution in [3.63, 3.8) is 0 Å². The molecule has 0 spiro atoms. The number of rotatable bonds is 6. The number of nitrogens with one attached hydrogen (secondary N) is 3. The van der Waals surface area contributed by atoms with Crippen LogP contribution in [0.15, 0.2) is 42.6 Å². The third kappa shape index (κ3) is 4.90. The van der Waals surface area contributed by atoms with Gasteiger partial charge in [-0.25, -0.2) is 0 Å². The van der Waals surface area contributed by atoms with Crippen LogP contribution >= 0.6 is 0 Å². The Morgan fingerprint density at radius 2 is 1.81 bits per heavy atom. The van der Waals surface area contributed by atoms with Gasteiger partial charge >= 0.3 is 0 Å². The van der Waals surface area contributed by atoms with E-state index in [-0.39, 0.29) is 11.9 Å². The van der Waals surface area contributed by atoms with Crippen LogP contribution in [0.1, 0.15) is 50.6 Å². The first-order valence-corrected chi connectivity index (χ1v) is 7.69. The van der Waals surface area contributed by atoms with E-state index in [0.29, 0.717) is 11.7 Å². The second-order valence-corrected chi connectivity index (χ2v) is 5.74. The molecule has 0 unspecified atom stereocenters. The number of hydrazine groups is 1. The standard InChI is InChI=1S/C17H25N3O/c1-13(2)19-20-17(21)16(14-9-5-3-6-10-14)18-15-11-7-4-8-12-15/h3,5-6,9-10,15-16,18-19H,1,4,7-8,11-12H2,2H3,(H,20,21)/t16-/m0/s1. The highest BCUT2D eigenvalue weighted by Crippen LogP contribution is 2.21. The number of hydrogen-bond acceptors (Lipinski definition) is 3. The number of benzene rings is 1. The summed E-state index contributed by atoms with van der Waals surface area (Å²) in [5.41, 5.74) is 7.22. The summed E-state index contributed by atoms with van der Waals surface area (Å²) in [5, 5.41) is 3.51. The lowest BCUT2D eigenvalue weighted by molar-refractivity contribution is -0.124. The molecule has 0 heterocycles. The molecule has 1 aromatic carbocycles. The fraction of sp³-hybridized carbons (Fsp3) is 0.471. The lowest BCUT2D eigenvalue weighted by atomic mass is 9.94. The monoisotopic (exact) mass is 287 g/mol. The van der Waals surface area contributed by atoms with Gasteiger partial charge in [-0.2, -0.15) is 0 Å². The molecule has 2 rings (SSSR count). The lowest BCUT2D eigenvalue weighted by Gasteiger charge is -2.28. The molecule has 1 saturated carbocycles. The molecule has 21 heavy (non-hydrogen) atoms. The van der Waals surface area contributed by atoms with Crippen molar-refractivity contribution in [2.24, 2.45) is 0 Å². The summed E-state index contributed by atoms with van der Waals surface area (Å²) >= 11 is 0. The molecule has 1 amide bonds. The molecule has 1 fully saturated rings. The van der Waals surface area contributed by atoms with E-state index in [4.69, 9.17) is 0 Å². The SMILES string of the molecule is C=C(C)NNC(=O)[C@@H](NC1CCCCC1)c1ccccc1. The van der Waals surface area contributed by atoms with E-state index in [9.17, 15) is 4.79 Å². The van der Waals surface area contributed by atoms with Crippen LogP contribution in [0.3, 0.4) is 0 Å². The second-order valence-electron chi connectivity index (χ2n) is 5.74. The number of hydrogen-bond donors (Lipinski definition) is 3. The quantitative estimate of drug-likeness (QED) is 0.705. The van der Waals surface area contributed by atoms with Gasteiger partial charge in [0.15, 0.2) is 0 Å². The maximum absolute atomic E-state index is 12.4. The van der Waals surface area contributed by atoms with Crippen molar-refractivity contribution in [3.05, 3.63) is 48.2 Å². The van der Waals surface area contributed by atoms with Crippen molar-refractivity contribution in [3.8, 4) is 0 Å². The first-order chi connectivity index (χ1) is 10.2. The molecule has 1 aliphatic carbocycles. The molecule has 0 bridgehead atoms. The van der Waals surface area contributed by atoms with E-state index < -0.39 is 0 Å². The van der Waals surface area contributed by atoms with Gasteiger partial charge in [0, 0.05) is 11.7 Å². The predicted molar refractivity (Wildman–Crippen MR) is 85.3 cm³/mol. The molecule has 0 aromatic heterocycles. The van der Waals surface area contributed by atoms with E-state index in [2.05, 4.69) is 22.7 Å². The first-order valence-electron chi connectivity index (χ1n) is 7.69. The molecule has 114 valence electrons. The van der Waals surface area contributed by atoms with Crippen LogP contribution in [-0.2, 0) is 4.79 Å². The van der Waals surface area contributed by atoms with Crippen LogP contribution in [0, 0.1) is 0 Å². The van der Waals surface area contributed by atoms with Gasteiger partial charge in [0.05, 0.1) is 0 Å². The Morgan fingerprint density at radius 3 is 2.43 bits per heavy atom. The zero-order valence-corrected chi connectivity index (χ0v) is 12.7. The van der Waals surface area contributed by atoms with E-state index in [1.165, 1.54) is 19.3 Å². The first kappa shape index (κ1) is 15.6. The van der Waals surface area contributed by atoms with Crippen LogP contribution in [0.25, 0.3) is 0 Å². The Morgan fingerprint density at radius 1 is 1.14 bits per heavy atom. The van der Waals surface area contributed by atoms with Gasteiger partial charge in [0.1, 0.15) is 6.04 Å². The van der Waals surface area contributed by atoms with Crippen LogP contribution in [-0.4, -0.2) is 11.9 Å². The van der Waals surface area contributed by atoms with Gasteiger partial charge in [-0.1, -0.05) is 56.2 Å². The summed E-state index contributed by atoms with van der Waals surface area (Å²) in [4.78, 5) is 12.4. The smallest absolute Gasteiger partial charge is 0.260 e. The fourth-order valence-electron chi connectivity index (χ4n) is 2.71. The van der Waals surface area contributed by atoms with Crippen LogP contribution in [0.2, 0.25) is 0 Å². The Hall–Kier alpha value is -1.81. The van der Waals surface area contributed by atoms with Gasteiger partial charge in [-0.3, -0.25) is 15.5 Å². The van der Waals surface area contributed by atoms with Crippen LogP contribution in [0.4, 0.5) is 0 Å². The van der Waals surface area contributed by atoms with Crippen molar-refractivity contribution in [2.45, 2.75) is 51.1 Å². The van der Waals surface area contributed by atoms with Gasteiger partial charge in [-0.05, 0) is 25.3 Å². The number of allylic oxidation sites excluding steroid dienone is 1. The van der Waals surface area contributed by atoms with E-state index in [1.807, 2.05) is 37.3 Å². The summed E-state index contributed by atoms with van der Waals surface area (Å²) < 4.78 is 0. The van der Waals surface area contributed by atoms with Crippen molar-refractivity contribution in [1.82, 2.24) is 16.2 Å². The lowest BCUT2D eigenvalue weighted by Crippen LogP contribution is -2.46. The summed E-state index contributed by atoms with van der Waals surface area (Å²) in [7, 11) is 0. The van der Waals surface area contributed by atoms with Gasteiger partial charge in [-0.15, -0.1) is 0 Å². The van der Waals surface area contributed by atoms with E-state index >= 15 is 0 Å². The third-order valence-corrected chi connectivity index (χ3v) is 3.80. The Balaban J connectivity index is 2.06. The molecule has 0 radical (unpaired) electrons. The Bertz CT molecular complexity index is 466. The zero-order chi connectivity index (χ0) is 15.1. The third-order valence-electron chi connectivity index (χ3n) is 3.80. The maximum Gasteiger partial charge on any atom is 0.260 e. The molecule has 0 aliphatic heterocycles. The average Bonchev–Trinajstić information content (AvgIpc) is 2.52. The van der Waals surface area contributed by atoms with Crippen LogP contribution < -0.4 is 16.2 Å². The highest BCUT2D eigenvalue weighted by Gasteiger charge is 2.24. The second kappa shape index (κ2) is 7.84. The Kier molecular flexibility index (Phi) is 5.81. The maximum atomic E-state index is 12.4. The van der Waals surface area contributed by atoms with Crippen molar-refractivity contribution in [1.29, 1.82) is 0 Å². The van der Waals surface area contributed by atoms with E-state index in [0.717, 1.165) is 18.4 Å². The molecule has 4 heteroatoms. The fourth-order valence-corrected chi connectivity index (χ4v) is 2.71. The van der Waals surface area contributed by atoms with Crippen molar-refractivity contribution >= 4 is 5.91 Å². The van der Waals surface area contributed by atoms with Gasteiger partial charge in [0.2, 0.25) is 0 Å². The Labute approximate surface area is 127 Å². The highest BCUT2D eigenvalue weighted by molar-refractivity contribution is 5.82. The molecular formula is C17H25N3O. The van der Waals surface area contributed by atoms with Gasteiger partial charge in [0.25, 0.3) is 5.91 Å². The van der Waals surface area contributed by atoms with Crippen molar-refractivity contribution < 1.29 is 4.79 Å². The van der Waals surface area contributed by atoms with Crippen molar-refractivity contribution in [2.75, 3.05) is 0 Å². The number of carbonyl (C=O) groups excluding carboxylic acids is 1. The number of amides is 1. The minimum Gasteiger partial charge on any atom is -0.304 e. The molecule has 4 nitrogen and oxygen atoms in total. The minimum absolute atomic E-state index is 0.0743. The summed E-state index contributed by atoms with van der Waals surface area (Å²) in [6, 6.07) is 9.95. The molecule has 3 N–H and O–H groups in total. The molecule has 1 aliphatic rings. The summed E-state index contributed by atoms with van der Waals surface area (Å²) in [6.45, 7) is 5.54. The van der Waals surface area contributed by atoms with Gasteiger partial charge < -0.3 is 5.43 Å². The van der Waals surface area contributed by atoms with Crippen LogP contribution in [0.5, 0.6) is 0 Å². The predicted octanol–water partition coefficient (Wildman–Crippen LogP) is 2.80. The summed E-state index contributed by atoms with van der Waals surface area (Å²) in [6.07, 6.45) is 6.07.